The van der Waals surface area contributed by atoms with Gasteiger partial charge in [0.25, 0.3) is 5.91 Å². The fraction of sp³-hybridized carbons (Fsp3) is 0.143. The Hall–Kier alpha value is -3.34. The number of hydrogen-bond acceptors (Lipinski definition) is 2. The second kappa shape index (κ2) is 7.27. The molecule has 0 bridgehead atoms. The number of rotatable bonds is 6. The molecule has 2 aromatic carbocycles. The normalized spacial score (nSPS) is 10.9. The first-order chi connectivity index (χ1) is 12.8. The van der Waals surface area contributed by atoms with E-state index in [2.05, 4.69) is 44.5 Å². The van der Waals surface area contributed by atoms with Gasteiger partial charge in [0.2, 0.25) is 0 Å². The summed E-state index contributed by atoms with van der Waals surface area (Å²) in [5.41, 5.74) is 3.50. The predicted molar refractivity (Wildman–Crippen MR) is 103 cm³/mol. The molecule has 0 unspecified atom stereocenters. The summed E-state index contributed by atoms with van der Waals surface area (Å²) >= 11 is 0. The first-order valence-corrected chi connectivity index (χ1v) is 8.74. The van der Waals surface area contributed by atoms with Crippen molar-refractivity contribution in [2.24, 2.45) is 0 Å². The molecule has 0 radical (unpaired) electrons. The third kappa shape index (κ3) is 3.24. The maximum Gasteiger partial charge on any atom is 0.255 e. The van der Waals surface area contributed by atoms with Gasteiger partial charge in [0, 0.05) is 30.4 Å². The number of hydrogen-bond donors (Lipinski definition) is 2. The Morgan fingerprint density at radius 3 is 2.73 bits per heavy atom. The van der Waals surface area contributed by atoms with Crippen molar-refractivity contribution in [1.82, 2.24) is 20.1 Å². The highest BCUT2D eigenvalue weighted by molar-refractivity contribution is 5.99. The average molecular weight is 344 g/mol. The number of fused-ring (bicyclic) bond motifs is 1. The lowest BCUT2D eigenvalue weighted by Gasteiger charge is -2.08. The van der Waals surface area contributed by atoms with Crippen LogP contribution in [0.5, 0.6) is 0 Å². The number of amides is 1. The molecule has 0 saturated heterocycles. The smallest absolute Gasteiger partial charge is 0.255 e. The molecule has 5 heteroatoms. The molecule has 0 aliphatic heterocycles. The molecule has 0 saturated carbocycles. The third-order valence-electron chi connectivity index (χ3n) is 4.49. The number of nitrogens with one attached hydrogen (secondary N) is 2. The number of para-hydroxylation sites is 1. The van der Waals surface area contributed by atoms with Crippen LogP contribution in [0, 0.1) is 0 Å². The molecule has 5 nitrogen and oxygen atoms in total. The number of nitrogens with zero attached hydrogens (tertiary/aromatic N) is 2. The number of aromatic nitrogens is 3. The van der Waals surface area contributed by atoms with Crippen molar-refractivity contribution in [1.29, 1.82) is 0 Å². The molecular weight excluding hydrogens is 324 g/mol. The van der Waals surface area contributed by atoms with Crippen molar-refractivity contribution < 1.29 is 4.79 Å². The van der Waals surface area contributed by atoms with E-state index in [1.54, 1.807) is 6.20 Å². The summed E-state index contributed by atoms with van der Waals surface area (Å²) in [5, 5.41) is 11.2. The molecule has 2 heterocycles. The largest absolute Gasteiger partial charge is 0.352 e. The molecule has 4 rings (SSSR count). The van der Waals surface area contributed by atoms with Gasteiger partial charge in [0.05, 0.1) is 17.5 Å². The highest BCUT2D eigenvalue weighted by Crippen LogP contribution is 2.20. The molecule has 26 heavy (non-hydrogen) atoms. The van der Waals surface area contributed by atoms with Gasteiger partial charge in [-0.1, -0.05) is 48.5 Å². The summed E-state index contributed by atoms with van der Waals surface area (Å²) < 4.78 is 2.22. The Kier molecular flexibility index (Phi) is 4.51. The number of aromatic amines is 1. The first kappa shape index (κ1) is 16.1. The summed E-state index contributed by atoms with van der Waals surface area (Å²) in [5.74, 6) is -0.102. The van der Waals surface area contributed by atoms with E-state index < -0.39 is 0 Å². The summed E-state index contributed by atoms with van der Waals surface area (Å²) in [6, 6.07) is 20.2. The summed E-state index contributed by atoms with van der Waals surface area (Å²) in [6.07, 6.45) is 4.54. The molecule has 2 aromatic heterocycles. The van der Waals surface area contributed by atoms with E-state index in [1.165, 1.54) is 10.9 Å². The molecule has 4 aromatic rings. The zero-order valence-corrected chi connectivity index (χ0v) is 14.4. The van der Waals surface area contributed by atoms with Gasteiger partial charge in [-0.3, -0.25) is 9.89 Å². The lowest BCUT2D eigenvalue weighted by Crippen LogP contribution is -2.25. The zero-order chi connectivity index (χ0) is 17.8. The monoisotopic (exact) mass is 344 g/mol. The van der Waals surface area contributed by atoms with Gasteiger partial charge >= 0.3 is 0 Å². The number of benzene rings is 2. The van der Waals surface area contributed by atoms with Crippen molar-refractivity contribution in [2.45, 2.75) is 13.0 Å². The molecule has 0 spiro atoms. The highest BCUT2D eigenvalue weighted by atomic mass is 16.1. The van der Waals surface area contributed by atoms with Crippen LogP contribution in [-0.4, -0.2) is 27.2 Å². The van der Waals surface area contributed by atoms with Crippen molar-refractivity contribution in [3.05, 3.63) is 78.6 Å². The second-order valence-electron chi connectivity index (χ2n) is 6.20. The van der Waals surface area contributed by atoms with Crippen LogP contribution in [0.3, 0.4) is 0 Å². The van der Waals surface area contributed by atoms with E-state index >= 15 is 0 Å². The van der Waals surface area contributed by atoms with Gasteiger partial charge in [0.15, 0.2) is 0 Å². The molecule has 130 valence electrons. The van der Waals surface area contributed by atoms with Gasteiger partial charge in [0.1, 0.15) is 0 Å². The Morgan fingerprint density at radius 2 is 1.85 bits per heavy atom. The van der Waals surface area contributed by atoms with E-state index in [0.717, 1.165) is 24.2 Å². The maximum absolute atomic E-state index is 12.5. The number of carbonyl (C=O) groups is 1. The molecule has 0 aliphatic rings. The predicted octanol–water partition coefficient (Wildman–Crippen LogP) is 3.85. The van der Waals surface area contributed by atoms with Crippen LogP contribution in [0.1, 0.15) is 16.8 Å². The van der Waals surface area contributed by atoms with E-state index in [0.29, 0.717) is 12.1 Å². The maximum atomic E-state index is 12.5. The lowest BCUT2D eigenvalue weighted by atomic mass is 10.1. The minimum absolute atomic E-state index is 0.102. The van der Waals surface area contributed by atoms with Gasteiger partial charge in [-0.2, -0.15) is 5.10 Å². The van der Waals surface area contributed by atoms with Gasteiger partial charge in [-0.15, -0.1) is 0 Å². The van der Waals surface area contributed by atoms with E-state index in [1.807, 2.05) is 42.5 Å². The summed E-state index contributed by atoms with van der Waals surface area (Å²) in [7, 11) is 0. The quantitative estimate of drug-likeness (QED) is 0.522. The molecular formula is C21H20N4O. The Morgan fingerprint density at radius 1 is 1.04 bits per heavy atom. The van der Waals surface area contributed by atoms with Crippen LogP contribution in [0.15, 0.2) is 73.1 Å². The number of H-pyrrole nitrogens is 1. The van der Waals surface area contributed by atoms with Crippen LogP contribution >= 0.6 is 0 Å². The summed E-state index contributed by atoms with van der Waals surface area (Å²) in [6.45, 7) is 1.48. The van der Waals surface area contributed by atoms with Crippen LogP contribution in [0.4, 0.5) is 0 Å². The molecule has 1 amide bonds. The number of aryl methyl sites for hydroxylation is 1. The molecule has 0 fully saturated rings. The van der Waals surface area contributed by atoms with Gasteiger partial charge in [-0.05, 0) is 23.9 Å². The molecule has 2 N–H and O–H groups in total. The fourth-order valence-electron chi connectivity index (χ4n) is 3.17. The van der Waals surface area contributed by atoms with Crippen molar-refractivity contribution in [2.75, 3.05) is 6.54 Å². The third-order valence-corrected chi connectivity index (χ3v) is 4.49. The fourth-order valence-corrected chi connectivity index (χ4v) is 3.17. The van der Waals surface area contributed by atoms with Crippen molar-refractivity contribution in [3.8, 4) is 11.3 Å². The van der Waals surface area contributed by atoms with Crippen LogP contribution < -0.4 is 5.32 Å². The Balaban J connectivity index is 1.36. The lowest BCUT2D eigenvalue weighted by molar-refractivity contribution is 0.0953. The first-order valence-electron chi connectivity index (χ1n) is 8.74. The van der Waals surface area contributed by atoms with E-state index in [9.17, 15) is 4.79 Å². The van der Waals surface area contributed by atoms with E-state index in [4.69, 9.17) is 0 Å². The molecule has 0 aliphatic carbocycles. The molecule has 0 atom stereocenters. The van der Waals surface area contributed by atoms with Crippen molar-refractivity contribution >= 4 is 16.8 Å². The van der Waals surface area contributed by atoms with Crippen LogP contribution in [0.2, 0.25) is 0 Å². The van der Waals surface area contributed by atoms with Gasteiger partial charge < -0.3 is 9.88 Å². The Labute approximate surface area is 151 Å². The summed E-state index contributed by atoms with van der Waals surface area (Å²) in [4.78, 5) is 12.5. The average Bonchev–Trinajstić information content (AvgIpc) is 3.33. The van der Waals surface area contributed by atoms with E-state index in [-0.39, 0.29) is 5.91 Å². The Bertz CT molecular complexity index is 1020. The minimum atomic E-state index is -0.102. The standard InChI is InChI=1S/C21H20N4O/c26-21(18-15-23-24-20(18)17-8-2-1-3-9-17)22-12-6-13-25-14-11-16-7-4-5-10-19(16)25/h1-5,7-11,14-15H,6,12-13H2,(H,22,26)(H,23,24). The van der Waals surface area contributed by atoms with Crippen LogP contribution in [-0.2, 0) is 6.54 Å². The zero-order valence-electron chi connectivity index (χ0n) is 14.4. The highest BCUT2D eigenvalue weighted by Gasteiger charge is 2.14. The topological polar surface area (TPSA) is 62.7 Å². The second-order valence-corrected chi connectivity index (χ2v) is 6.20. The number of carbonyl (C=O) groups excluding carboxylic acids is 1. The van der Waals surface area contributed by atoms with Crippen molar-refractivity contribution in [3.63, 3.8) is 0 Å². The van der Waals surface area contributed by atoms with Crippen LogP contribution in [0.25, 0.3) is 22.2 Å². The van der Waals surface area contributed by atoms with Gasteiger partial charge in [-0.25, -0.2) is 0 Å². The SMILES string of the molecule is O=C(NCCCn1ccc2ccccc21)c1cn[nH]c1-c1ccccc1. The minimum Gasteiger partial charge on any atom is -0.352 e.